The SMILES string of the molecule is CC(=O)c1cc(Br)c(Cl)cc1C(F)F. The highest BCUT2D eigenvalue weighted by Gasteiger charge is 2.17. The van der Waals surface area contributed by atoms with Crippen molar-refractivity contribution in [1.82, 2.24) is 0 Å². The van der Waals surface area contributed by atoms with E-state index in [9.17, 15) is 13.6 Å². The summed E-state index contributed by atoms with van der Waals surface area (Å²) in [5.41, 5.74) is -0.332. The van der Waals surface area contributed by atoms with Crippen molar-refractivity contribution in [2.75, 3.05) is 0 Å². The Hall–Kier alpha value is -0.480. The van der Waals surface area contributed by atoms with Gasteiger partial charge in [0.15, 0.2) is 5.78 Å². The van der Waals surface area contributed by atoms with Crippen LogP contribution in [0.2, 0.25) is 5.02 Å². The maximum atomic E-state index is 12.5. The molecule has 14 heavy (non-hydrogen) atoms. The first kappa shape index (κ1) is 11.6. The zero-order valence-corrected chi connectivity index (χ0v) is 9.49. The average Bonchev–Trinajstić information content (AvgIpc) is 2.08. The fraction of sp³-hybridized carbons (Fsp3) is 0.222. The van der Waals surface area contributed by atoms with Crippen molar-refractivity contribution in [2.45, 2.75) is 13.3 Å². The fourth-order valence-corrected chi connectivity index (χ4v) is 1.56. The van der Waals surface area contributed by atoms with E-state index in [-0.39, 0.29) is 16.1 Å². The third-order valence-corrected chi connectivity index (χ3v) is 2.90. The molecule has 1 aromatic rings. The number of Topliss-reactive ketones (excluding diaryl/α,β-unsaturated/α-hetero) is 1. The summed E-state index contributed by atoms with van der Waals surface area (Å²) in [5.74, 6) is -0.405. The first-order valence-corrected chi connectivity index (χ1v) is 4.88. The van der Waals surface area contributed by atoms with Crippen LogP contribution in [-0.2, 0) is 0 Å². The number of carbonyl (C=O) groups excluding carboxylic acids is 1. The van der Waals surface area contributed by atoms with Crippen molar-refractivity contribution in [3.63, 3.8) is 0 Å². The van der Waals surface area contributed by atoms with Crippen LogP contribution in [0, 0.1) is 0 Å². The number of halogens is 4. The topological polar surface area (TPSA) is 17.1 Å². The third-order valence-electron chi connectivity index (χ3n) is 1.71. The molecule has 0 unspecified atom stereocenters. The minimum Gasteiger partial charge on any atom is -0.294 e. The Morgan fingerprint density at radius 3 is 2.50 bits per heavy atom. The van der Waals surface area contributed by atoms with Gasteiger partial charge in [0.1, 0.15) is 0 Å². The summed E-state index contributed by atoms with van der Waals surface area (Å²) >= 11 is 8.71. The highest BCUT2D eigenvalue weighted by atomic mass is 79.9. The monoisotopic (exact) mass is 282 g/mol. The lowest BCUT2D eigenvalue weighted by Gasteiger charge is -2.07. The number of hydrogen-bond donors (Lipinski definition) is 0. The van der Waals surface area contributed by atoms with Gasteiger partial charge in [0.25, 0.3) is 6.43 Å². The van der Waals surface area contributed by atoms with Crippen LogP contribution in [0.3, 0.4) is 0 Å². The fourth-order valence-electron chi connectivity index (χ4n) is 1.05. The van der Waals surface area contributed by atoms with Gasteiger partial charge in [0.05, 0.1) is 5.02 Å². The Labute approximate surface area is 93.2 Å². The maximum Gasteiger partial charge on any atom is 0.264 e. The number of hydrogen-bond acceptors (Lipinski definition) is 1. The lowest BCUT2D eigenvalue weighted by atomic mass is 10.1. The average molecular weight is 283 g/mol. The summed E-state index contributed by atoms with van der Waals surface area (Å²) < 4.78 is 25.4. The quantitative estimate of drug-likeness (QED) is 0.742. The van der Waals surface area contributed by atoms with E-state index in [1.165, 1.54) is 13.0 Å². The van der Waals surface area contributed by atoms with Crippen LogP contribution in [0.25, 0.3) is 0 Å². The van der Waals surface area contributed by atoms with Crippen molar-refractivity contribution in [2.24, 2.45) is 0 Å². The second kappa shape index (κ2) is 4.36. The van der Waals surface area contributed by atoms with E-state index in [0.717, 1.165) is 6.07 Å². The molecule has 0 saturated carbocycles. The normalized spacial score (nSPS) is 10.7. The minimum atomic E-state index is -2.69. The summed E-state index contributed by atoms with van der Waals surface area (Å²) in [4.78, 5) is 11.0. The molecule has 1 nitrogen and oxygen atoms in total. The molecule has 0 spiro atoms. The summed E-state index contributed by atoms with van der Waals surface area (Å²) in [6, 6.07) is 2.42. The molecule has 0 radical (unpaired) electrons. The highest BCUT2D eigenvalue weighted by molar-refractivity contribution is 9.10. The number of ketones is 1. The van der Waals surface area contributed by atoms with E-state index in [0.29, 0.717) is 4.47 Å². The van der Waals surface area contributed by atoms with Crippen LogP contribution in [0.1, 0.15) is 29.3 Å². The smallest absolute Gasteiger partial charge is 0.264 e. The second-order valence-corrected chi connectivity index (χ2v) is 3.97. The standard InChI is InChI=1S/C9H6BrClF2O/c1-4(14)5-2-7(10)8(11)3-6(5)9(12)13/h2-3,9H,1H3. The van der Waals surface area contributed by atoms with Crippen molar-refractivity contribution in [3.05, 3.63) is 32.8 Å². The molecule has 5 heteroatoms. The Morgan fingerprint density at radius 2 is 2.07 bits per heavy atom. The Bertz CT molecular complexity index is 379. The van der Waals surface area contributed by atoms with Gasteiger partial charge in [0, 0.05) is 15.6 Å². The number of alkyl halides is 2. The molecular formula is C9H6BrClF2O. The van der Waals surface area contributed by atoms with E-state index in [1.807, 2.05) is 0 Å². The predicted octanol–water partition coefficient (Wildman–Crippen LogP) is 4.24. The molecule has 0 bridgehead atoms. The first-order valence-electron chi connectivity index (χ1n) is 3.71. The Morgan fingerprint density at radius 1 is 1.50 bits per heavy atom. The van der Waals surface area contributed by atoms with Gasteiger partial charge in [-0.1, -0.05) is 11.6 Å². The van der Waals surface area contributed by atoms with Crippen LogP contribution >= 0.6 is 27.5 Å². The van der Waals surface area contributed by atoms with Crippen LogP contribution in [0.5, 0.6) is 0 Å². The lowest BCUT2D eigenvalue weighted by Crippen LogP contribution is -2.00. The summed E-state index contributed by atoms with van der Waals surface area (Å²) in [7, 11) is 0. The van der Waals surface area contributed by atoms with Crippen LogP contribution < -0.4 is 0 Å². The van der Waals surface area contributed by atoms with Crippen molar-refractivity contribution in [1.29, 1.82) is 0 Å². The van der Waals surface area contributed by atoms with Gasteiger partial charge < -0.3 is 0 Å². The van der Waals surface area contributed by atoms with E-state index >= 15 is 0 Å². The second-order valence-electron chi connectivity index (χ2n) is 2.71. The first-order chi connectivity index (χ1) is 6.43. The van der Waals surface area contributed by atoms with Gasteiger partial charge in [0.2, 0.25) is 0 Å². The van der Waals surface area contributed by atoms with Gasteiger partial charge in [-0.25, -0.2) is 8.78 Å². The van der Waals surface area contributed by atoms with Gasteiger partial charge in [-0.05, 0) is 35.0 Å². The van der Waals surface area contributed by atoms with Gasteiger partial charge in [-0.3, -0.25) is 4.79 Å². The van der Waals surface area contributed by atoms with E-state index in [4.69, 9.17) is 11.6 Å². The molecule has 0 N–H and O–H groups in total. The molecular weight excluding hydrogens is 277 g/mol. The number of carbonyl (C=O) groups is 1. The molecule has 0 aliphatic rings. The van der Waals surface area contributed by atoms with Crippen LogP contribution in [0.15, 0.2) is 16.6 Å². The Balaban J connectivity index is 3.39. The molecule has 76 valence electrons. The zero-order chi connectivity index (χ0) is 10.9. The van der Waals surface area contributed by atoms with Crippen molar-refractivity contribution in [3.8, 4) is 0 Å². The van der Waals surface area contributed by atoms with E-state index in [2.05, 4.69) is 15.9 Å². The zero-order valence-electron chi connectivity index (χ0n) is 7.15. The van der Waals surface area contributed by atoms with Crippen molar-refractivity contribution >= 4 is 33.3 Å². The molecule has 0 fully saturated rings. The largest absolute Gasteiger partial charge is 0.294 e. The van der Waals surface area contributed by atoms with E-state index < -0.39 is 12.2 Å². The molecule has 0 aliphatic carbocycles. The molecule has 0 amide bonds. The van der Waals surface area contributed by atoms with Crippen molar-refractivity contribution < 1.29 is 13.6 Å². The highest BCUT2D eigenvalue weighted by Crippen LogP contribution is 2.31. The van der Waals surface area contributed by atoms with Crippen LogP contribution in [0.4, 0.5) is 8.78 Å². The lowest BCUT2D eigenvalue weighted by molar-refractivity contribution is 0.0999. The summed E-state index contributed by atoms with van der Waals surface area (Å²) in [6.45, 7) is 1.24. The van der Waals surface area contributed by atoms with Gasteiger partial charge >= 0.3 is 0 Å². The van der Waals surface area contributed by atoms with Gasteiger partial charge in [-0.15, -0.1) is 0 Å². The predicted molar refractivity (Wildman–Crippen MR) is 54.1 cm³/mol. The van der Waals surface area contributed by atoms with Gasteiger partial charge in [-0.2, -0.15) is 0 Å². The Kier molecular flexibility index (Phi) is 3.61. The van der Waals surface area contributed by atoms with Crippen LogP contribution in [-0.4, -0.2) is 5.78 Å². The molecule has 1 aromatic carbocycles. The molecule has 0 saturated heterocycles. The summed E-state index contributed by atoms with van der Waals surface area (Å²) in [6.07, 6.45) is -2.69. The molecule has 0 atom stereocenters. The minimum absolute atomic E-state index is 0.00345. The van der Waals surface area contributed by atoms with E-state index in [1.54, 1.807) is 0 Å². The molecule has 0 aromatic heterocycles. The maximum absolute atomic E-state index is 12.5. The molecule has 0 heterocycles. The number of benzene rings is 1. The third kappa shape index (κ3) is 2.30. The summed E-state index contributed by atoms with van der Waals surface area (Å²) in [5, 5.41) is 0.172. The molecule has 1 rings (SSSR count). The molecule has 0 aliphatic heterocycles. The number of rotatable bonds is 2.